The molecule has 0 bridgehead atoms. The van der Waals surface area contributed by atoms with Gasteiger partial charge in [-0.3, -0.25) is 23.6 Å². The van der Waals surface area contributed by atoms with Crippen LogP contribution in [0, 0.1) is 0 Å². The molecule has 8 rings (SSSR count). The van der Waals surface area contributed by atoms with Crippen LogP contribution in [0.3, 0.4) is 0 Å². The number of fused-ring (bicyclic) bond motifs is 2. The summed E-state index contributed by atoms with van der Waals surface area (Å²) in [6, 6.07) is 17.2. The normalized spacial score (nSPS) is 22.4. The van der Waals surface area contributed by atoms with E-state index in [0.29, 0.717) is 26.7 Å². The Morgan fingerprint density at radius 3 is 1.54 bits per heavy atom. The molecule has 22 nitrogen and oxygen atoms in total. The van der Waals surface area contributed by atoms with Gasteiger partial charge in [0.1, 0.15) is 24.9 Å². The van der Waals surface area contributed by atoms with Crippen molar-refractivity contribution >= 4 is 68.4 Å². The van der Waals surface area contributed by atoms with E-state index >= 15 is 0 Å². The Balaban J connectivity index is 0.000000245. The van der Waals surface area contributed by atoms with Crippen molar-refractivity contribution < 1.29 is 67.6 Å². The predicted octanol–water partition coefficient (Wildman–Crippen LogP) is 2.60. The number of amides is 2. The first kappa shape index (κ1) is 48.2. The van der Waals surface area contributed by atoms with Crippen molar-refractivity contribution in [3.8, 4) is 0 Å². The topological polar surface area (TPSA) is 312 Å². The van der Waals surface area contributed by atoms with Gasteiger partial charge in [-0.1, -0.05) is 71.5 Å². The maximum Gasteiger partial charge on any atom is 1.00 e. The summed E-state index contributed by atoms with van der Waals surface area (Å²) in [5.41, 5.74) is 23.9. The fourth-order valence-electron chi connectivity index (χ4n) is 6.05. The molecule has 0 aliphatic carbocycles. The number of azide groups is 1. The zero-order chi connectivity index (χ0) is 42.1. The third-order valence-corrected chi connectivity index (χ3v) is 9.73. The van der Waals surface area contributed by atoms with E-state index in [1.165, 1.54) is 39.4 Å². The van der Waals surface area contributed by atoms with Crippen LogP contribution in [0.2, 0.25) is 0 Å². The van der Waals surface area contributed by atoms with E-state index in [0.717, 1.165) is 0 Å². The van der Waals surface area contributed by atoms with Gasteiger partial charge in [-0.05, 0) is 29.8 Å². The number of halogens is 3. The Bertz CT molecular complexity index is 2500. The number of rotatable bonds is 9. The van der Waals surface area contributed by atoms with Gasteiger partial charge in [0.05, 0.1) is 31.4 Å². The number of benzene rings is 2. The second kappa shape index (κ2) is 22.4. The molecule has 2 fully saturated rings. The van der Waals surface area contributed by atoms with Crippen LogP contribution in [0.15, 0.2) is 91.1 Å². The summed E-state index contributed by atoms with van der Waals surface area (Å²) in [7, 11) is 0. The number of carbonyl (C=O) groups is 2. The molecule has 2 saturated heterocycles. The maximum atomic E-state index is 14.6. The number of imidazole rings is 2. The first-order chi connectivity index (χ1) is 28.6. The van der Waals surface area contributed by atoms with Crippen LogP contribution >= 0.6 is 22.6 Å². The molecule has 4 aromatic heterocycles. The average molecular weight is 963 g/mol. The standard InChI is InChI=1S/C17H15FIN5O3.C17H15FN8O3.CH4.N3.Na/c18-11-13(25)10(6-19)27-17(11)24-8-22-12-14(20-7-21-15(12)24)23-16(26)9-4-2-1-3-5-9;18-11-13(27)10(6-23-25-19)29-17(11)26-8-22-12-14(20-7-21-15(12)26)24-16(28)9-4-2-1-3-5-9;;1-3-2;/h1-5,7-8,10-11,13,17,25H,6H2,(H,20,21,23,26);1-5,7-8,10-11,13,17,27H,6H2,(H,20,21,24,28);1H4;;/q;;;-1;+1/t2*10-,11-,13-,17-;;;/m11.../s1. The van der Waals surface area contributed by atoms with Crippen LogP contribution in [-0.2, 0) is 9.47 Å². The van der Waals surface area contributed by atoms with Crippen molar-refractivity contribution in [1.29, 1.82) is 0 Å². The molecule has 0 saturated carbocycles. The number of nitrogens with zero attached hydrogens (tertiary/aromatic N) is 14. The van der Waals surface area contributed by atoms with Gasteiger partial charge >= 0.3 is 29.6 Å². The van der Waals surface area contributed by atoms with E-state index in [1.807, 2.05) is 28.7 Å². The smallest absolute Gasteiger partial charge is 0.387 e. The minimum atomic E-state index is -1.79. The molecular weight excluding hydrogens is 928 g/mol. The number of ether oxygens (including phenoxy) is 2. The van der Waals surface area contributed by atoms with Crippen LogP contribution in [0.5, 0.6) is 0 Å². The SMILES string of the molecule is C.O=C(Nc1ncnc2c1ncn2[C@@H]1O[C@H](CI)[C@@H](O)[C@H]1F)c1ccccc1.[N-]=[N+]=NC[C@H]1O[C@@H](n2cnc3c(NC(=O)c4ccccc4)ncnc32)[C@H](F)[C@@H]1O.[N-]=[N+]=[N-].[Na+]. The van der Waals surface area contributed by atoms with Crippen molar-refractivity contribution in [2.24, 2.45) is 5.11 Å². The monoisotopic (exact) mass is 962 g/mol. The van der Waals surface area contributed by atoms with Crippen LogP contribution in [-0.4, -0.2) is 109 Å². The minimum absolute atomic E-state index is 0. The molecule has 4 N–H and O–H groups in total. The summed E-state index contributed by atoms with van der Waals surface area (Å²) < 4.78 is 43.4. The Morgan fingerprint density at radius 1 is 0.738 bits per heavy atom. The number of anilines is 2. The number of nitrogens with one attached hydrogen (secondary N) is 2. The third kappa shape index (κ3) is 10.7. The second-order valence-corrected chi connectivity index (χ2v) is 13.3. The Morgan fingerprint density at radius 2 is 1.15 bits per heavy atom. The van der Waals surface area contributed by atoms with E-state index < -0.39 is 49.2 Å². The third-order valence-electron chi connectivity index (χ3n) is 8.87. The number of aromatic nitrogens is 8. The minimum Gasteiger partial charge on any atom is -0.387 e. The molecule has 0 unspecified atom stereocenters. The molecule has 2 aliphatic heterocycles. The number of aliphatic hydroxyl groups excluding tert-OH is 2. The van der Waals surface area contributed by atoms with Gasteiger partial charge in [-0.2, -0.15) is 0 Å². The van der Waals surface area contributed by atoms with Crippen LogP contribution in [0.4, 0.5) is 20.4 Å². The molecule has 6 aromatic rings. The number of carbonyl (C=O) groups excluding carboxylic acids is 2. The van der Waals surface area contributed by atoms with Gasteiger partial charge in [-0.15, -0.1) is 0 Å². The van der Waals surface area contributed by atoms with Crippen molar-refractivity contribution in [2.45, 2.75) is 56.6 Å². The maximum absolute atomic E-state index is 14.6. The quantitative estimate of drug-likeness (QED) is 0.0406. The van der Waals surface area contributed by atoms with Gasteiger partial charge in [0.25, 0.3) is 11.8 Å². The van der Waals surface area contributed by atoms with Crippen LogP contribution < -0.4 is 40.2 Å². The summed E-state index contributed by atoms with van der Waals surface area (Å²) in [6.45, 7) is -0.214. The van der Waals surface area contributed by atoms with Crippen molar-refractivity contribution in [1.82, 2.24) is 39.0 Å². The first-order valence-corrected chi connectivity index (χ1v) is 18.7. The molecule has 6 heterocycles. The largest absolute Gasteiger partial charge is 1.00 e. The summed E-state index contributed by atoms with van der Waals surface area (Å²) in [4.78, 5) is 53.6. The molecule has 2 aromatic carbocycles. The Labute approximate surface area is 379 Å². The molecule has 2 aliphatic rings. The molecule has 61 heavy (non-hydrogen) atoms. The number of alkyl halides is 3. The van der Waals surface area contributed by atoms with Crippen LogP contribution in [0.1, 0.15) is 40.6 Å². The fourth-order valence-corrected chi connectivity index (χ4v) is 6.78. The summed E-state index contributed by atoms with van der Waals surface area (Å²) >= 11 is 2.04. The van der Waals surface area contributed by atoms with E-state index in [-0.39, 0.29) is 78.1 Å². The number of hydrogen-bond acceptors (Lipinski definition) is 13. The Hall–Kier alpha value is -5.47. The Kier molecular flexibility index (Phi) is 17.7. The van der Waals surface area contributed by atoms with Crippen molar-refractivity contribution in [3.05, 3.63) is 124 Å². The van der Waals surface area contributed by atoms with Crippen LogP contribution in [0.25, 0.3) is 48.7 Å². The van der Waals surface area contributed by atoms with Gasteiger partial charge in [0, 0.05) is 20.5 Å². The summed E-state index contributed by atoms with van der Waals surface area (Å²) in [5, 5.41) is 28.7. The molecule has 26 heteroatoms. The van der Waals surface area contributed by atoms with Gasteiger partial charge in [0.15, 0.2) is 58.8 Å². The summed E-state index contributed by atoms with van der Waals surface area (Å²) in [5.74, 6) is -0.356. The van der Waals surface area contributed by atoms with E-state index in [2.05, 4.69) is 50.6 Å². The van der Waals surface area contributed by atoms with Gasteiger partial charge < -0.3 is 41.4 Å². The molecule has 0 spiro atoms. The molecule has 8 atom stereocenters. The fraction of sp³-hybridized carbons (Fsp3) is 0.314. The second-order valence-electron chi connectivity index (χ2n) is 12.4. The van der Waals surface area contributed by atoms with Gasteiger partial charge in [0.2, 0.25) is 0 Å². The summed E-state index contributed by atoms with van der Waals surface area (Å²) in [6.07, 6.45) is -4.83. The number of hydrogen-bond donors (Lipinski definition) is 4. The van der Waals surface area contributed by atoms with Gasteiger partial charge in [-0.25, -0.2) is 38.7 Å². The number of aliphatic hydroxyl groups is 2. The molecular formula is C35H34F2IN16NaO6. The molecule has 0 radical (unpaired) electrons. The zero-order valence-corrected chi connectivity index (χ0v) is 35.2. The van der Waals surface area contributed by atoms with E-state index in [1.54, 1.807) is 54.6 Å². The first-order valence-electron chi connectivity index (χ1n) is 17.2. The molecule has 2 amide bonds. The van der Waals surface area contributed by atoms with E-state index in [4.69, 9.17) is 26.1 Å². The van der Waals surface area contributed by atoms with E-state index in [9.17, 15) is 28.6 Å². The van der Waals surface area contributed by atoms with Crippen molar-refractivity contribution in [3.63, 3.8) is 0 Å². The zero-order valence-electron chi connectivity index (χ0n) is 31.0. The predicted molar refractivity (Wildman–Crippen MR) is 219 cm³/mol. The molecule has 312 valence electrons. The van der Waals surface area contributed by atoms with Crippen molar-refractivity contribution in [2.75, 3.05) is 21.6 Å². The average Bonchev–Trinajstić information content (AvgIpc) is 4.03.